The van der Waals surface area contributed by atoms with Gasteiger partial charge in [-0.15, -0.1) is 6.58 Å². The largest absolute Gasteiger partial charge is 0.463 e. The van der Waals surface area contributed by atoms with Crippen LogP contribution in [0.5, 0.6) is 0 Å². The zero-order chi connectivity index (χ0) is 27.6. The van der Waals surface area contributed by atoms with Crippen LogP contribution in [0.2, 0.25) is 0 Å². The van der Waals surface area contributed by atoms with Crippen molar-refractivity contribution in [1.82, 2.24) is 0 Å². The second-order valence-electron chi connectivity index (χ2n) is 5.20. The third-order valence-corrected chi connectivity index (χ3v) is 6.91. The van der Waals surface area contributed by atoms with Gasteiger partial charge >= 0.3 is 11.9 Å². The molecular weight excluding hydrogens is 486 g/mol. The zero-order valence-electron chi connectivity index (χ0n) is 21.4. The van der Waals surface area contributed by atoms with E-state index in [9.17, 15) is 9.59 Å². The summed E-state index contributed by atoms with van der Waals surface area (Å²) in [4.78, 5) is 49.0. The summed E-state index contributed by atoms with van der Waals surface area (Å²) in [6, 6.07) is 0. The Hall–Kier alpha value is -1.86. The first-order chi connectivity index (χ1) is 16.4. The molecular formula is C22H42O10P2. The molecule has 0 aliphatic carbocycles. The van der Waals surface area contributed by atoms with E-state index >= 15 is 0 Å². The fourth-order valence-corrected chi connectivity index (χ4v) is 4.16. The maximum absolute atomic E-state index is 10.9. The minimum atomic E-state index is -0.393. The SMILES string of the molecule is C=CC(=O)OCC.C=CCP(CC)OCC.CCOC(=O)/C=C/CP(CC)OCC.O=O.O=O. The fourth-order valence-electron chi connectivity index (χ4n) is 1.71. The summed E-state index contributed by atoms with van der Waals surface area (Å²) in [5, 5.41) is 0. The van der Waals surface area contributed by atoms with Crippen molar-refractivity contribution in [3.63, 3.8) is 0 Å². The monoisotopic (exact) mass is 528 g/mol. The molecule has 12 heteroatoms. The highest BCUT2D eigenvalue weighted by molar-refractivity contribution is 7.52. The van der Waals surface area contributed by atoms with Gasteiger partial charge in [-0.05, 0) is 40.0 Å². The Morgan fingerprint density at radius 3 is 1.38 bits per heavy atom. The van der Waals surface area contributed by atoms with Gasteiger partial charge in [-0.2, -0.15) is 0 Å². The highest BCUT2D eigenvalue weighted by Gasteiger charge is 2.02. The van der Waals surface area contributed by atoms with Gasteiger partial charge in [0.25, 0.3) is 0 Å². The van der Waals surface area contributed by atoms with Crippen LogP contribution in [-0.2, 0) is 28.1 Å². The van der Waals surface area contributed by atoms with Gasteiger partial charge in [0, 0.05) is 73.8 Å². The summed E-state index contributed by atoms with van der Waals surface area (Å²) in [5.74, 6) is -0.627. The molecule has 2 unspecified atom stereocenters. The number of allylic oxidation sites excluding steroid dienone is 2. The molecule has 0 rings (SSSR count). The maximum atomic E-state index is 10.9. The van der Waals surface area contributed by atoms with Crippen LogP contribution < -0.4 is 0 Å². The molecule has 0 aromatic carbocycles. The molecule has 0 N–H and O–H groups in total. The summed E-state index contributed by atoms with van der Waals surface area (Å²) in [7, 11) is -0.570. The summed E-state index contributed by atoms with van der Waals surface area (Å²) < 4.78 is 20.1. The predicted molar refractivity (Wildman–Crippen MR) is 144 cm³/mol. The second-order valence-corrected chi connectivity index (χ2v) is 9.63. The van der Waals surface area contributed by atoms with E-state index in [-0.39, 0.29) is 20.1 Å². The van der Waals surface area contributed by atoms with Gasteiger partial charge in [-0.3, -0.25) is 0 Å². The van der Waals surface area contributed by atoms with Crippen molar-refractivity contribution >= 4 is 28.2 Å². The van der Waals surface area contributed by atoms with E-state index in [0.717, 1.165) is 43.9 Å². The summed E-state index contributed by atoms with van der Waals surface area (Å²) in [5.41, 5.74) is 0. The number of rotatable bonds is 14. The van der Waals surface area contributed by atoms with E-state index in [1.54, 1.807) is 13.8 Å². The van der Waals surface area contributed by atoms with Crippen molar-refractivity contribution in [2.45, 2.75) is 41.5 Å². The van der Waals surface area contributed by atoms with Gasteiger partial charge < -0.3 is 18.5 Å². The molecule has 0 aromatic heterocycles. The Morgan fingerprint density at radius 2 is 1.09 bits per heavy atom. The van der Waals surface area contributed by atoms with Crippen LogP contribution in [0.15, 0.2) is 37.5 Å². The highest BCUT2D eigenvalue weighted by atomic mass is 31.1. The molecule has 34 heavy (non-hydrogen) atoms. The lowest BCUT2D eigenvalue weighted by molar-refractivity contribution is -0.138. The van der Waals surface area contributed by atoms with Gasteiger partial charge in [0.15, 0.2) is 0 Å². The molecule has 0 radical (unpaired) electrons. The number of carbonyl (C=O) groups is 2. The quantitative estimate of drug-likeness (QED) is 0.113. The molecule has 0 saturated carbocycles. The first kappa shape index (κ1) is 42.3. The molecule has 0 saturated heterocycles. The van der Waals surface area contributed by atoms with Crippen molar-refractivity contribution in [1.29, 1.82) is 0 Å². The molecule has 2 atom stereocenters. The van der Waals surface area contributed by atoms with Crippen LogP contribution in [0, 0.1) is 19.9 Å². The lowest BCUT2D eigenvalue weighted by Crippen LogP contribution is -1.99. The molecule has 0 fully saturated rings. The van der Waals surface area contributed by atoms with E-state index in [2.05, 4.69) is 31.7 Å². The molecule has 200 valence electrons. The number of ether oxygens (including phenoxy) is 2. The third-order valence-electron chi connectivity index (χ3n) is 2.96. The Morgan fingerprint density at radius 1 is 0.676 bits per heavy atom. The Kier molecular flexibility index (Phi) is 51.5. The zero-order valence-corrected chi connectivity index (χ0v) is 23.1. The fraction of sp³-hybridized carbons (Fsp3) is 0.636. The highest BCUT2D eigenvalue weighted by Crippen LogP contribution is 2.36. The number of hydrogen-bond donors (Lipinski definition) is 0. The van der Waals surface area contributed by atoms with E-state index in [4.69, 9.17) is 33.6 Å². The Labute approximate surface area is 206 Å². The van der Waals surface area contributed by atoms with Crippen LogP contribution in [0.1, 0.15) is 41.5 Å². The van der Waals surface area contributed by atoms with Crippen molar-refractivity contribution in [3.05, 3.63) is 57.3 Å². The van der Waals surface area contributed by atoms with Crippen molar-refractivity contribution in [3.8, 4) is 0 Å². The van der Waals surface area contributed by atoms with Gasteiger partial charge in [-0.1, -0.05) is 32.6 Å². The molecule has 0 heterocycles. The first-order valence-electron chi connectivity index (χ1n) is 10.7. The lowest BCUT2D eigenvalue weighted by atomic mass is 10.5. The number of carbonyl (C=O) groups excluding carboxylic acids is 2. The van der Waals surface area contributed by atoms with E-state index in [1.165, 1.54) is 6.08 Å². The van der Waals surface area contributed by atoms with Crippen LogP contribution in [0.25, 0.3) is 0 Å². The Bertz CT molecular complexity index is 488. The van der Waals surface area contributed by atoms with Crippen molar-refractivity contribution < 1.29 is 28.1 Å². The number of hydrogen-bond acceptors (Lipinski definition) is 10. The van der Waals surface area contributed by atoms with Gasteiger partial charge in [0.2, 0.25) is 0 Å². The third kappa shape index (κ3) is 40.5. The van der Waals surface area contributed by atoms with Crippen LogP contribution in [-0.4, -0.2) is 63.0 Å². The second kappa shape index (κ2) is 41.4. The van der Waals surface area contributed by atoms with Crippen LogP contribution in [0.4, 0.5) is 0 Å². The summed E-state index contributed by atoms with van der Waals surface area (Å²) >= 11 is 0. The summed E-state index contributed by atoms with van der Waals surface area (Å²) in [6.07, 6.45) is 10.4. The van der Waals surface area contributed by atoms with Crippen molar-refractivity contribution in [2.75, 3.05) is 51.1 Å². The molecule has 0 spiro atoms. The molecule has 0 bridgehead atoms. The van der Waals surface area contributed by atoms with Gasteiger partial charge in [0.05, 0.1) is 13.2 Å². The Balaban J connectivity index is -0.000000121. The lowest BCUT2D eigenvalue weighted by Gasteiger charge is -2.11. The smallest absolute Gasteiger partial charge is 0.330 e. The van der Waals surface area contributed by atoms with E-state index < -0.39 is 8.15 Å². The van der Waals surface area contributed by atoms with Gasteiger partial charge in [-0.25, -0.2) is 9.59 Å². The minimum absolute atomic E-state index is 0.177. The average molecular weight is 529 g/mol. The first-order valence-corrected chi connectivity index (χ1v) is 14.0. The summed E-state index contributed by atoms with van der Waals surface area (Å²) in [6.45, 7) is 21.1. The molecule has 0 aliphatic rings. The normalized spacial score (nSPS) is 10.6. The van der Waals surface area contributed by atoms with Gasteiger partial charge in [0.1, 0.15) is 0 Å². The average Bonchev–Trinajstić information content (AvgIpc) is 2.86. The number of esters is 2. The van der Waals surface area contributed by atoms with E-state index in [1.807, 2.05) is 26.0 Å². The molecule has 0 aromatic rings. The topological polar surface area (TPSA) is 139 Å². The van der Waals surface area contributed by atoms with E-state index in [0.29, 0.717) is 13.2 Å². The minimum Gasteiger partial charge on any atom is -0.463 e. The molecule has 0 aliphatic heterocycles. The predicted octanol–water partition coefficient (Wildman–Crippen LogP) is 6.05. The van der Waals surface area contributed by atoms with Crippen LogP contribution in [0.3, 0.4) is 0 Å². The maximum Gasteiger partial charge on any atom is 0.330 e. The van der Waals surface area contributed by atoms with Crippen LogP contribution >= 0.6 is 16.3 Å². The molecule has 10 nitrogen and oxygen atoms in total. The molecule has 0 amide bonds. The van der Waals surface area contributed by atoms with Crippen molar-refractivity contribution in [2.24, 2.45) is 0 Å². The standard InChI is InChI=1S/C10H19O3P.C7H15OP.C5H8O2.2O2/c1-4-12-10(11)8-7-9-14(6-3)13-5-2;1-4-7-9(6-3)8-5-2;1-3-5(6)7-4-2;2*1-2/h7-8H,4-6,9H2,1-3H3;4H,1,5-7H2,2-3H3;3H,1,4H2,2H3;;/b8-7+;;;;.